The molecule has 264 valence electrons. The number of para-hydroxylation sites is 3. The molecular formula is C52H36N4. The number of nitrogens with zero attached hydrogens (tertiary/aromatic N) is 4. The molecule has 10 aromatic rings. The van der Waals surface area contributed by atoms with Crippen molar-refractivity contribution < 1.29 is 0 Å². The second-order valence-electron chi connectivity index (χ2n) is 14.6. The van der Waals surface area contributed by atoms with Crippen LogP contribution < -0.4 is 0 Å². The predicted octanol–water partition coefficient (Wildman–Crippen LogP) is 13.2. The third kappa shape index (κ3) is 5.38. The summed E-state index contributed by atoms with van der Waals surface area (Å²) in [5.74, 6) is 0.766. The quantitative estimate of drug-likeness (QED) is 0.164. The van der Waals surface area contributed by atoms with Gasteiger partial charge in [-0.2, -0.15) is 0 Å². The zero-order valence-corrected chi connectivity index (χ0v) is 30.6. The van der Waals surface area contributed by atoms with Crippen LogP contribution in [-0.2, 0) is 0 Å². The lowest BCUT2D eigenvalue weighted by atomic mass is 9.99. The Hall–Kier alpha value is -7.30. The molecule has 0 saturated carbocycles. The van der Waals surface area contributed by atoms with E-state index in [1.807, 2.05) is 6.21 Å². The smallest absolute Gasteiger partial charge is 0.154 e. The number of hydrogen-bond acceptors (Lipinski definition) is 2. The number of aliphatic imine (C=N–C) groups is 2. The molecule has 0 N–H and O–H groups in total. The molecule has 0 saturated heterocycles. The zero-order chi connectivity index (χ0) is 37.0. The van der Waals surface area contributed by atoms with E-state index in [4.69, 9.17) is 9.98 Å². The summed E-state index contributed by atoms with van der Waals surface area (Å²) >= 11 is 0. The number of rotatable bonds is 6. The van der Waals surface area contributed by atoms with Gasteiger partial charge in [0.2, 0.25) is 0 Å². The summed E-state index contributed by atoms with van der Waals surface area (Å²) in [5.41, 5.74) is 14.0. The summed E-state index contributed by atoms with van der Waals surface area (Å²) < 4.78 is 4.74. The molecule has 1 aliphatic rings. The number of fused-ring (bicyclic) bond motifs is 6. The van der Waals surface area contributed by atoms with Gasteiger partial charge in [0.1, 0.15) is 0 Å². The van der Waals surface area contributed by atoms with Crippen LogP contribution in [0.4, 0.5) is 0 Å². The van der Waals surface area contributed by atoms with Crippen LogP contribution in [0.15, 0.2) is 204 Å². The van der Waals surface area contributed by atoms with Crippen LogP contribution in [-0.4, -0.2) is 21.2 Å². The van der Waals surface area contributed by atoms with Crippen molar-refractivity contribution in [1.29, 1.82) is 0 Å². The van der Waals surface area contributed by atoms with E-state index in [0.29, 0.717) is 0 Å². The summed E-state index contributed by atoms with van der Waals surface area (Å²) in [6.07, 6.45) is 2.80. The standard InChI is InChI=1S/C52H36N4/c1-3-12-35(13-4-1)36-22-24-37(25-23-36)47-30-31-53-52(54-47)40-14-11-17-42(32-40)56-49-21-10-8-19-44(49)46-34-39(27-29-51(46)56)38-26-28-50-45(33-38)43-18-7-9-20-48(43)55(50)41-15-5-2-6-16-41/h1-29,31-34,47H,30H2. The maximum atomic E-state index is 5.18. The molecule has 4 heteroatoms. The van der Waals surface area contributed by atoms with Gasteiger partial charge in [0, 0.05) is 51.1 Å². The van der Waals surface area contributed by atoms with Crippen LogP contribution in [0, 0.1) is 0 Å². The SMILES string of the molecule is C1=NC(c2cccc(-n3c4ccccc4c4cc(-c5ccc6c(c5)c5ccccc5n6-c5ccccc5)ccc43)c2)=NC(c2ccc(-c3ccccc3)cc2)C1. The Balaban J connectivity index is 0.972. The lowest BCUT2D eigenvalue weighted by Crippen LogP contribution is -2.10. The monoisotopic (exact) mass is 716 g/mol. The Kier molecular flexibility index (Phi) is 7.59. The van der Waals surface area contributed by atoms with E-state index >= 15 is 0 Å². The topological polar surface area (TPSA) is 34.6 Å². The Morgan fingerprint density at radius 1 is 0.375 bits per heavy atom. The van der Waals surface area contributed by atoms with Crippen LogP contribution in [0.1, 0.15) is 23.6 Å². The highest BCUT2D eigenvalue weighted by molar-refractivity contribution is 6.13. The van der Waals surface area contributed by atoms with Crippen LogP contribution >= 0.6 is 0 Å². The number of benzene rings is 8. The van der Waals surface area contributed by atoms with E-state index in [0.717, 1.165) is 23.5 Å². The minimum absolute atomic E-state index is 0.0248. The van der Waals surface area contributed by atoms with Crippen molar-refractivity contribution in [3.8, 4) is 33.6 Å². The third-order valence-corrected chi connectivity index (χ3v) is 11.3. The average molecular weight is 717 g/mol. The van der Waals surface area contributed by atoms with Crippen LogP contribution in [0.5, 0.6) is 0 Å². The summed E-state index contributed by atoms with van der Waals surface area (Å²) in [7, 11) is 0. The van der Waals surface area contributed by atoms with Gasteiger partial charge in [-0.15, -0.1) is 0 Å². The molecular weight excluding hydrogens is 681 g/mol. The lowest BCUT2D eigenvalue weighted by Gasteiger charge is -2.17. The third-order valence-electron chi connectivity index (χ3n) is 11.3. The Bertz CT molecular complexity index is 3150. The fraction of sp³-hybridized carbons (Fsp3) is 0.0385. The van der Waals surface area contributed by atoms with Gasteiger partial charge in [0.15, 0.2) is 5.84 Å². The van der Waals surface area contributed by atoms with Gasteiger partial charge in [-0.05, 0) is 88.5 Å². The summed E-state index contributed by atoms with van der Waals surface area (Å²) in [6, 6.07) is 69.9. The number of hydrogen-bond donors (Lipinski definition) is 0. The zero-order valence-electron chi connectivity index (χ0n) is 30.6. The van der Waals surface area contributed by atoms with E-state index in [2.05, 4.69) is 203 Å². The fourth-order valence-corrected chi connectivity index (χ4v) is 8.58. The molecule has 0 spiro atoms. The van der Waals surface area contributed by atoms with E-state index in [9.17, 15) is 0 Å². The molecule has 3 heterocycles. The minimum Gasteiger partial charge on any atom is -0.309 e. The van der Waals surface area contributed by atoms with E-state index in [-0.39, 0.29) is 6.04 Å². The summed E-state index contributed by atoms with van der Waals surface area (Å²) in [6.45, 7) is 0. The first kappa shape index (κ1) is 32.2. The van der Waals surface area contributed by atoms with Crippen molar-refractivity contribution in [3.63, 3.8) is 0 Å². The highest BCUT2D eigenvalue weighted by Gasteiger charge is 2.19. The molecule has 0 aliphatic carbocycles. The molecule has 11 rings (SSSR count). The van der Waals surface area contributed by atoms with Gasteiger partial charge < -0.3 is 9.13 Å². The maximum Gasteiger partial charge on any atom is 0.154 e. The average Bonchev–Trinajstić information content (AvgIpc) is 3.79. The molecule has 4 nitrogen and oxygen atoms in total. The summed E-state index contributed by atoms with van der Waals surface area (Å²) in [4.78, 5) is 9.99. The highest BCUT2D eigenvalue weighted by atomic mass is 15.0. The summed E-state index contributed by atoms with van der Waals surface area (Å²) in [5, 5.41) is 4.96. The van der Waals surface area contributed by atoms with E-state index < -0.39 is 0 Å². The largest absolute Gasteiger partial charge is 0.309 e. The van der Waals surface area contributed by atoms with Gasteiger partial charge in [0.05, 0.1) is 28.1 Å². The molecule has 0 radical (unpaired) electrons. The number of aromatic nitrogens is 2. The lowest BCUT2D eigenvalue weighted by molar-refractivity contribution is 0.762. The van der Waals surface area contributed by atoms with Crippen molar-refractivity contribution in [2.45, 2.75) is 12.5 Å². The molecule has 8 aromatic carbocycles. The van der Waals surface area contributed by atoms with Crippen LogP contribution in [0.3, 0.4) is 0 Å². The Morgan fingerprint density at radius 3 is 1.54 bits per heavy atom. The van der Waals surface area contributed by atoms with Gasteiger partial charge in [-0.25, -0.2) is 4.99 Å². The molecule has 1 aliphatic heterocycles. The van der Waals surface area contributed by atoms with Gasteiger partial charge >= 0.3 is 0 Å². The molecule has 0 fully saturated rings. The molecule has 0 amide bonds. The highest BCUT2D eigenvalue weighted by Crippen LogP contribution is 2.38. The Labute approximate surface area is 325 Å². The van der Waals surface area contributed by atoms with Crippen LogP contribution in [0.2, 0.25) is 0 Å². The van der Waals surface area contributed by atoms with Crippen molar-refractivity contribution >= 4 is 55.7 Å². The maximum absolute atomic E-state index is 5.18. The van der Waals surface area contributed by atoms with Crippen molar-refractivity contribution in [1.82, 2.24) is 9.13 Å². The van der Waals surface area contributed by atoms with Crippen molar-refractivity contribution in [2.24, 2.45) is 9.98 Å². The second kappa shape index (κ2) is 13.2. The van der Waals surface area contributed by atoms with E-state index in [1.165, 1.54) is 77.1 Å². The van der Waals surface area contributed by atoms with Gasteiger partial charge in [0.25, 0.3) is 0 Å². The van der Waals surface area contributed by atoms with Crippen molar-refractivity contribution in [3.05, 3.63) is 205 Å². The second-order valence-corrected chi connectivity index (χ2v) is 14.6. The fourth-order valence-electron chi connectivity index (χ4n) is 8.58. The molecule has 0 bridgehead atoms. The Morgan fingerprint density at radius 2 is 0.875 bits per heavy atom. The predicted molar refractivity (Wildman–Crippen MR) is 235 cm³/mol. The van der Waals surface area contributed by atoms with E-state index in [1.54, 1.807) is 0 Å². The molecule has 1 atom stereocenters. The minimum atomic E-state index is 0.0248. The van der Waals surface area contributed by atoms with Crippen LogP contribution in [0.25, 0.3) is 77.2 Å². The van der Waals surface area contributed by atoms with Crippen molar-refractivity contribution in [2.75, 3.05) is 0 Å². The first-order valence-electron chi connectivity index (χ1n) is 19.3. The molecule has 2 aromatic heterocycles. The first-order valence-corrected chi connectivity index (χ1v) is 19.3. The normalized spacial score (nSPS) is 14.2. The van der Waals surface area contributed by atoms with Gasteiger partial charge in [-0.1, -0.05) is 133 Å². The van der Waals surface area contributed by atoms with Gasteiger partial charge in [-0.3, -0.25) is 4.99 Å². The molecule has 56 heavy (non-hydrogen) atoms. The molecule has 1 unspecified atom stereocenters. The number of amidine groups is 1. The first-order chi connectivity index (χ1) is 27.8.